The van der Waals surface area contributed by atoms with Crippen molar-refractivity contribution >= 4 is 5.91 Å². The quantitative estimate of drug-likeness (QED) is 0.304. The Bertz CT molecular complexity index is 300. The number of hydrogen-bond acceptors (Lipinski definition) is 2. The molecule has 25 heavy (non-hydrogen) atoms. The molecule has 0 aliphatic rings. The first-order valence-corrected chi connectivity index (χ1v) is 10.9. The highest BCUT2D eigenvalue weighted by Crippen LogP contribution is 2.22. The van der Waals surface area contributed by atoms with Gasteiger partial charge in [0.05, 0.1) is 0 Å². The monoisotopic (exact) mass is 355 g/mol. The number of rotatable bonds is 18. The molecule has 0 fully saturated rings. The number of nitrogens with two attached hydrogens (primary N) is 1. The molecule has 1 amide bonds. The maximum absolute atomic E-state index is 11.5. The molecule has 0 spiro atoms. The van der Waals surface area contributed by atoms with Crippen molar-refractivity contribution in [2.75, 3.05) is 6.61 Å². The number of aliphatic hydroxyl groups excluding tert-OH is 1. The molecule has 0 aliphatic carbocycles. The van der Waals surface area contributed by atoms with Gasteiger partial charge in [-0.25, -0.2) is 0 Å². The minimum absolute atomic E-state index is 0.0399. The van der Waals surface area contributed by atoms with Gasteiger partial charge in [0.2, 0.25) is 5.91 Å². The van der Waals surface area contributed by atoms with Gasteiger partial charge in [-0.15, -0.1) is 0 Å². The summed E-state index contributed by atoms with van der Waals surface area (Å²) >= 11 is 0. The van der Waals surface area contributed by atoms with Gasteiger partial charge in [-0.05, 0) is 18.3 Å². The van der Waals surface area contributed by atoms with E-state index in [0.29, 0.717) is 0 Å². The van der Waals surface area contributed by atoms with Gasteiger partial charge in [0.15, 0.2) is 0 Å². The molecule has 0 aromatic rings. The van der Waals surface area contributed by atoms with E-state index in [1.54, 1.807) is 0 Å². The Morgan fingerprint density at radius 2 is 1.20 bits per heavy atom. The third kappa shape index (κ3) is 14.3. The van der Waals surface area contributed by atoms with Crippen LogP contribution < -0.4 is 5.73 Å². The highest BCUT2D eigenvalue weighted by atomic mass is 16.3. The van der Waals surface area contributed by atoms with Crippen molar-refractivity contribution in [1.82, 2.24) is 0 Å². The van der Waals surface area contributed by atoms with E-state index in [4.69, 9.17) is 5.73 Å². The van der Waals surface area contributed by atoms with Crippen molar-refractivity contribution in [3.8, 4) is 0 Å². The second-order valence-corrected chi connectivity index (χ2v) is 8.22. The highest BCUT2D eigenvalue weighted by molar-refractivity contribution is 5.76. The number of aliphatic hydroxyl groups is 1. The fraction of sp³-hybridized carbons (Fsp3) is 0.955. The Morgan fingerprint density at radius 3 is 1.52 bits per heavy atom. The highest BCUT2D eigenvalue weighted by Gasteiger charge is 2.23. The third-order valence-electron chi connectivity index (χ3n) is 5.49. The number of unbranched alkanes of at least 4 members (excludes halogenated alkanes) is 10. The van der Waals surface area contributed by atoms with E-state index in [9.17, 15) is 9.90 Å². The number of carbonyl (C=O) groups excluding carboxylic acids is 1. The first kappa shape index (κ1) is 24.4. The van der Waals surface area contributed by atoms with Crippen LogP contribution in [0.25, 0.3) is 0 Å². The maximum atomic E-state index is 11.5. The summed E-state index contributed by atoms with van der Waals surface area (Å²) < 4.78 is 0. The minimum atomic E-state index is -0.241. The van der Waals surface area contributed by atoms with Gasteiger partial charge >= 0.3 is 0 Å². The summed E-state index contributed by atoms with van der Waals surface area (Å²) in [5.41, 5.74) is 5.49. The van der Waals surface area contributed by atoms with E-state index in [-0.39, 0.29) is 24.3 Å². The van der Waals surface area contributed by atoms with Gasteiger partial charge in [0, 0.05) is 12.5 Å². The van der Waals surface area contributed by atoms with Crippen LogP contribution in [0, 0.1) is 17.8 Å². The molecule has 0 radical (unpaired) electrons. The van der Waals surface area contributed by atoms with Crippen molar-refractivity contribution in [3.63, 3.8) is 0 Å². The van der Waals surface area contributed by atoms with Crippen molar-refractivity contribution in [1.29, 1.82) is 0 Å². The van der Waals surface area contributed by atoms with Gasteiger partial charge in [0.1, 0.15) is 0 Å². The zero-order valence-corrected chi connectivity index (χ0v) is 17.3. The zero-order chi connectivity index (χ0) is 18.9. The lowest BCUT2D eigenvalue weighted by molar-refractivity contribution is -0.124. The number of hydrogen-bond donors (Lipinski definition) is 2. The summed E-state index contributed by atoms with van der Waals surface area (Å²) in [5, 5.41) is 9.35. The van der Waals surface area contributed by atoms with Crippen LogP contribution in [0.5, 0.6) is 0 Å². The Hall–Kier alpha value is -0.570. The smallest absolute Gasteiger partial charge is 0.220 e. The molecule has 3 N–H and O–H groups in total. The topological polar surface area (TPSA) is 63.3 Å². The van der Waals surface area contributed by atoms with Gasteiger partial charge in [0.25, 0.3) is 0 Å². The normalized spacial score (nSPS) is 14.0. The van der Waals surface area contributed by atoms with E-state index in [2.05, 4.69) is 13.8 Å². The van der Waals surface area contributed by atoms with Crippen LogP contribution in [0.15, 0.2) is 0 Å². The molecule has 3 heteroatoms. The standard InChI is InChI=1S/C22H45NO2/c1-4-20(18-24)21(22(23)25)17-15-13-11-9-7-5-6-8-10-12-14-16-19(2)3/h19-21,24H,4-18H2,1-3H3,(H2,23,25). The molecule has 0 aromatic heterocycles. The molecule has 0 heterocycles. The van der Waals surface area contributed by atoms with Gasteiger partial charge < -0.3 is 10.8 Å². The zero-order valence-electron chi connectivity index (χ0n) is 17.3. The van der Waals surface area contributed by atoms with Crippen LogP contribution in [-0.4, -0.2) is 17.6 Å². The number of amides is 1. The largest absolute Gasteiger partial charge is 0.396 e. The molecule has 0 saturated heterocycles. The first-order valence-electron chi connectivity index (χ1n) is 10.9. The Labute approximate surface area is 157 Å². The average Bonchev–Trinajstić information content (AvgIpc) is 2.57. The van der Waals surface area contributed by atoms with E-state index < -0.39 is 0 Å². The van der Waals surface area contributed by atoms with E-state index in [1.807, 2.05) is 6.92 Å². The van der Waals surface area contributed by atoms with Crippen LogP contribution in [0.3, 0.4) is 0 Å². The molecular formula is C22H45NO2. The SMILES string of the molecule is CCC(CO)C(CCCCCCCCCCCCCC(C)C)C(N)=O. The molecule has 3 nitrogen and oxygen atoms in total. The van der Waals surface area contributed by atoms with Crippen LogP contribution in [-0.2, 0) is 4.79 Å². The van der Waals surface area contributed by atoms with Crippen LogP contribution in [0.4, 0.5) is 0 Å². The first-order chi connectivity index (χ1) is 12.0. The Balaban J connectivity index is 3.44. The van der Waals surface area contributed by atoms with Crippen molar-refractivity contribution in [2.45, 2.75) is 111 Å². The lowest BCUT2D eigenvalue weighted by Crippen LogP contribution is -2.31. The van der Waals surface area contributed by atoms with Crippen molar-refractivity contribution < 1.29 is 9.90 Å². The van der Waals surface area contributed by atoms with Gasteiger partial charge in [-0.1, -0.05) is 104 Å². The lowest BCUT2D eigenvalue weighted by Gasteiger charge is -2.21. The summed E-state index contributed by atoms with van der Waals surface area (Å²) in [6.45, 7) is 6.70. The van der Waals surface area contributed by atoms with Gasteiger partial charge in [-0.3, -0.25) is 4.79 Å². The maximum Gasteiger partial charge on any atom is 0.220 e. The summed E-state index contributed by atoms with van der Waals surface area (Å²) in [6.07, 6.45) is 17.6. The summed E-state index contributed by atoms with van der Waals surface area (Å²) in [4.78, 5) is 11.5. The van der Waals surface area contributed by atoms with Crippen molar-refractivity contribution in [3.05, 3.63) is 0 Å². The second-order valence-electron chi connectivity index (χ2n) is 8.22. The minimum Gasteiger partial charge on any atom is -0.396 e. The third-order valence-corrected chi connectivity index (χ3v) is 5.49. The number of carbonyl (C=O) groups is 1. The summed E-state index contributed by atoms with van der Waals surface area (Å²) in [7, 11) is 0. The predicted molar refractivity (Wildman–Crippen MR) is 108 cm³/mol. The molecule has 0 saturated carbocycles. The Morgan fingerprint density at radius 1 is 0.800 bits per heavy atom. The molecule has 0 rings (SSSR count). The summed E-state index contributed by atoms with van der Waals surface area (Å²) in [6, 6.07) is 0. The molecule has 0 bridgehead atoms. The molecule has 2 atom stereocenters. The number of primary amides is 1. The lowest BCUT2D eigenvalue weighted by atomic mass is 9.85. The predicted octanol–water partition coefficient (Wildman–Crippen LogP) is 5.83. The fourth-order valence-electron chi connectivity index (χ4n) is 3.66. The van der Waals surface area contributed by atoms with Crippen LogP contribution in [0.2, 0.25) is 0 Å². The van der Waals surface area contributed by atoms with E-state index in [1.165, 1.54) is 70.6 Å². The molecule has 0 aliphatic heterocycles. The molecule has 0 aromatic carbocycles. The van der Waals surface area contributed by atoms with Crippen molar-refractivity contribution in [2.24, 2.45) is 23.5 Å². The van der Waals surface area contributed by atoms with E-state index in [0.717, 1.165) is 25.2 Å². The fourth-order valence-corrected chi connectivity index (χ4v) is 3.66. The summed E-state index contributed by atoms with van der Waals surface area (Å²) in [5.74, 6) is 0.507. The van der Waals surface area contributed by atoms with Gasteiger partial charge in [-0.2, -0.15) is 0 Å². The van der Waals surface area contributed by atoms with Crippen LogP contribution in [0.1, 0.15) is 111 Å². The molecule has 2 unspecified atom stereocenters. The average molecular weight is 356 g/mol. The van der Waals surface area contributed by atoms with E-state index >= 15 is 0 Å². The molecular weight excluding hydrogens is 310 g/mol. The van der Waals surface area contributed by atoms with Crippen LogP contribution >= 0.6 is 0 Å². The Kier molecular flexibility index (Phi) is 16.5. The second kappa shape index (κ2) is 16.9. The molecule has 150 valence electrons.